The first-order chi connectivity index (χ1) is 9.56. The first-order valence-corrected chi connectivity index (χ1v) is 6.87. The predicted octanol–water partition coefficient (Wildman–Crippen LogP) is 2.18. The highest BCUT2D eigenvalue weighted by Gasteiger charge is 2.33. The molecule has 110 valence electrons. The van der Waals surface area contributed by atoms with Crippen molar-refractivity contribution in [2.24, 2.45) is 5.41 Å². The van der Waals surface area contributed by atoms with Crippen LogP contribution in [0.1, 0.15) is 31.2 Å². The second-order valence-electron chi connectivity index (χ2n) is 5.53. The molecule has 0 spiro atoms. The number of carbonyl (C=O) groups is 1. The second kappa shape index (κ2) is 6.31. The van der Waals surface area contributed by atoms with Gasteiger partial charge in [0.15, 0.2) is 11.6 Å². The van der Waals surface area contributed by atoms with Crippen molar-refractivity contribution in [2.75, 3.05) is 13.2 Å². The molecule has 0 aromatic heterocycles. The summed E-state index contributed by atoms with van der Waals surface area (Å²) in [5, 5.41) is 12.2. The molecule has 3 nitrogen and oxygen atoms in total. The molecule has 2 N–H and O–H groups in total. The van der Waals surface area contributed by atoms with Crippen molar-refractivity contribution in [1.29, 1.82) is 0 Å². The van der Waals surface area contributed by atoms with Crippen LogP contribution in [-0.2, 0) is 11.2 Å². The van der Waals surface area contributed by atoms with E-state index in [4.69, 9.17) is 0 Å². The summed E-state index contributed by atoms with van der Waals surface area (Å²) in [5.41, 5.74) is -0.192. The maximum atomic E-state index is 13.4. The second-order valence-corrected chi connectivity index (χ2v) is 5.53. The van der Waals surface area contributed by atoms with Crippen molar-refractivity contribution in [3.8, 4) is 0 Å². The van der Waals surface area contributed by atoms with Crippen LogP contribution in [0.5, 0.6) is 0 Å². The van der Waals surface area contributed by atoms with E-state index in [0.717, 1.165) is 31.7 Å². The minimum Gasteiger partial charge on any atom is -0.396 e. The third-order valence-corrected chi connectivity index (χ3v) is 4.04. The van der Waals surface area contributed by atoms with Crippen LogP contribution in [-0.4, -0.2) is 24.2 Å². The number of hydrogen-bond acceptors (Lipinski definition) is 2. The van der Waals surface area contributed by atoms with E-state index in [1.54, 1.807) is 0 Å². The van der Waals surface area contributed by atoms with Gasteiger partial charge in [0.2, 0.25) is 5.91 Å². The molecule has 1 saturated carbocycles. The van der Waals surface area contributed by atoms with E-state index in [9.17, 15) is 18.7 Å². The maximum Gasteiger partial charge on any atom is 0.224 e. The molecule has 0 atom stereocenters. The number of halogens is 2. The van der Waals surface area contributed by atoms with Gasteiger partial charge in [0.05, 0.1) is 13.0 Å². The van der Waals surface area contributed by atoms with Crippen LogP contribution in [0.15, 0.2) is 18.2 Å². The molecule has 1 aromatic rings. The number of carbonyl (C=O) groups excluding carboxylic acids is 1. The van der Waals surface area contributed by atoms with Gasteiger partial charge in [-0.05, 0) is 18.9 Å². The van der Waals surface area contributed by atoms with E-state index in [2.05, 4.69) is 5.32 Å². The van der Waals surface area contributed by atoms with Gasteiger partial charge in [0.25, 0.3) is 0 Å². The van der Waals surface area contributed by atoms with Gasteiger partial charge in [-0.1, -0.05) is 25.0 Å². The Hall–Kier alpha value is -1.49. The fourth-order valence-electron chi connectivity index (χ4n) is 2.72. The summed E-state index contributed by atoms with van der Waals surface area (Å²) in [4.78, 5) is 11.8. The predicted molar refractivity (Wildman–Crippen MR) is 71.1 cm³/mol. The molecule has 2 rings (SSSR count). The normalized spacial score (nSPS) is 17.1. The van der Waals surface area contributed by atoms with Gasteiger partial charge in [0, 0.05) is 17.5 Å². The number of nitrogens with one attached hydrogen (secondary N) is 1. The summed E-state index contributed by atoms with van der Waals surface area (Å²) in [6.07, 6.45) is 3.69. The molecule has 1 aromatic carbocycles. The van der Waals surface area contributed by atoms with Gasteiger partial charge >= 0.3 is 0 Å². The molecular formula is C15H19F2NO2. The lowest BCUT2D eigenvalue weighted by molar-refractivity contribution is -0.121. The van der Waals surface area contributed by atoms with E-state index in [1.807, 2.05) is 0 Å². The Morgan fingerprint density at radius 3 is 2.65 bits per heavy atom. The average Bonchev–Trinajstić information content (AvgIpc) is 2.91. The third kappa shape index (κ3) is 3.33. The SMILES string of the molecule is O=C(Cc1cccc(F)c1F)NCC1(CO)CCCC1. The van der Waals surface area contributed by atoms with Crippen LogP contribution in [0.4, 0.5) is 8.78 Å². The fraction of sp³-hybridized carbons (Fsp3) is 0.533. The van der Waals surface area contributed by atoms with Gasteiger partial charge in [-0.25, -0.2) is 8.78 Å². The summed E-state index contributed by atoms with van der Waals surface area (Å²) in [5.74, 6) is -2.27. The molecule has 1 aliphatic rings. The smallest absolute Gasteiger partial charge is 0.224 e. The van der Waals surface area contributed by atoms with Crippen molar-refractivity contribution in [3.05, 3.63) is 35.4 Å². The zero-order chi connectivity index (χ0) is 14.6. The summed E-state index contributed by atoms with van der Waals surface area (Å²) in [6.45, 7) is 0.431. The van der Waals surface area contributed by atoms with Gasteiger partial charge in [-0.15, -0.1) is 0 Å². The Kier molecular flexibility index (Phi) is 4.70. The van der Waals surface area contributed by atoms with E-state index in [-0.39, 0.29) is 29.9 Å². The number of benzene rings is 1. The highest BCUT2D eigenvalue weighted by Crippen LogP contribution is 2.36. The Bertz CT molecular complexity index is 485. The minimum absolute atomic E-state index is 0.0433. The summed E-state index contributed by atoms with van der Waals surface area (Å²) in [7, 11) is 0. The van der Waals surface area contributed by atoms with Crippen LogP contribution in [0.2, 0.25) is 0 Å². The van der Waals surface area contributed by atoms with Crippen LogP contribution in [0.25, 0.3) is 0 Å². The lowest BCUT2D eigenvalue weighted by Gasteiger charge is -2.26. The van der Waals surface area contributed by atoms with Crippen molar-refractivity contribution in [1.82, 2.24) is 5.32 Å². The summed E-state index contributed by atoms with van der Waals surface area (Å²) < 4.78 is 26.5. The molecule has 1 aliphatic carbocycles. The first-order valence-electron chi connectivity index (χ1n) is 6.87. The van der Waals surface area contributed by atoms with E-state index in [0.29, 0.717) is 6.54 Å². The standard InChI is InChI=1S/C15H19F2NO2/c16-12-5-3-4-11(14(12)17)8-13(20)18-9-15(10-19)6-1-2-7-15/h3-5,19H,1-2,6-10H2,(H,18,20). The largest absolute Gasteiger partial charge is 0.396 e. The minimum atomic E-state index is -0.972. The molecule has 20 heavy (non-hydrogen) atoms. The van der Waals surface area contributed by atoms with Crippen molar-refractivity contribution in [3.63, 3.8) is 0 Å². The van der Waals surface area contributed by atoms with Crippen molar-refractivity contribution in [2.45, 2.75) is 32.1 Å². The lowest BCUT2D eigenvalue weighted by atomic mass is 9.87. The molecule has 0 radical (unpaired) electrons. The number of rotatable bonds is 5. The van der Waals surface area contributed by atoms with Gasteiger partial charge in [-0.2, -0.15) is 0 Å². The van der Waals surface area contributed by atoms with Crippen LogP contribution >= 0.6 is 0 Å². The quantitative estimate of drug-likeness (QED) is 0.870. The van der Waals surface area contributed by atoms with Crippen molar-refractivity contribution < 1.29 is 18.7 Å². The number of amides is 1. The van der Waals surface area contributed by atoms with Crippen LogP contribution < -0.4 is 5.32 Å². The van der Waals surface area contributed by atoms with Gasteiger partial charge in [0.1, 0.15) is 0 Å². The number of aliphatic hydroxyl groups is 1. The summed E-state index contributed by atoms with van der Waals surface area (Å²) >= 11 is 0. The Morgan fingerprint density at radius 1 is 1.30 bits per heavy atom. The van der Waals surface area contributed by atoms with Gasteiger partial charge in [-0.3, -0.25) is 4.79 Å². The Morgan fingerprint density at radius 2 is 2.00 bits per heavy atom. The van der Waals surface area contributed by atoms with E-state index < -0.39 is 11.6 Å². The molecule has 1 amide bonds. The molecule has 0 unspecified atom stereocenters. The zero-order valence-electron chi connectivity index (χ0n) is 11.3. The topological polar surface area (TPSA) is 49.3 Å². The lowest BCUT2D eigenvalue weighted by Crippen LogP contribution is -2.39. The Labute approximate surface area is 117 Å². The molecule has 5 heteroatoms. The van der Waals surface area contributed by atoms with Crippen molar-refractivity contribution >= 4 is 5.91 Å². The zero-order valence-corrected chi connectivity index (χ0v) is 11.3. The average molecular weight is 283 g/mol. The summed E-state index contributed by atoms with van der Waals surface area (Å²) in [6, 6.07) is 3.80. The van der Waals surface area contributed by atoms with E-state index >= 15 is 0 Å². The van der Waals surface area contributed by atoms with E-state index in [1.165, 1.54) is 12.1 Å². The van der Waals surface area contributed by atoms with Gasteiger partial charge < -0.3 is 10.4 Å². The molecule has 0 heterocycles. The molecule has 0 saturated heterocycles. The molecule has 1 fully saturated rings. The maximum absolute atomic E-state index is 13.4. The highest BCUT2D eigenvalue weighted by molar-refractivity contribution is 5.78. The molecule has 0 bridgehead atoms. The number of aliphatic hydroxyl groups excluding tert-OH is 1. The fourth-order valence-corrected chi connectivity index (χ4v) is 2.72. The van der Waals surface area contributed by atoms with Crippen LogP contribution in [0, 0.1) is 17.0 Å². The Balaban J connectivity index is 1.91. The highest BCUT2D eigenvalue weighted by atomic mass is 19.2. The third-order valence-electron chi connectivity index (χ3n) is 4.04. The molecule has 0 aliphatic heterocycles. The monoisotopic (exact) mass is 283 g/mol. The first kappa shape index (κ1) is 14.9. The number of hydrogen-bond donors (Lipinski definition) is 2. The molecular weight excluding hydrogens is 264 g/mol. The van der Waals surface area contributed by atoms with Crippen LogP contribution in [0.3, 0.4) is 0 Å².